The maximum Gasteiger partial charge on any atom is 0.242 e. The third-order valence-corrected chi connectivity index (χ3v) is 4.39. The van der Waals surface area contributed by atoms with Gasteiger partial charge >= 0.3 is 0 Å². The Morgan fingerprint density at radius 3 is 2.67 bits per heavy atom. The van der Waals surface area contributed by atoms with Crippen LogP contribution in [0.3, 0.4) is 0 Å². The van der Waals surface area contributed by atoms with Gasteiger partial charge in [-0.1, -0.05) is 13.3 Å². The summed E-state index contributed by atoms with van der Waals surface area (Å²) < 4.78 is 28.8. The molecule has 5 nitrogen and oxygen atoms in total. The first-order valence-corrected chi connectivity index (χ1v) is 7.71. The molecule has 0 radical (unpaired) electrons. The summed E-state index contributed by atoms with van der Waals surface area (Å²) in [7, 11) is 0.284. The van der Waals surface area contributed by atoms with E-state index in [1.165, 1.54) is 0 Å². The highest BCUT2D eigenvalue weighted by Crippen LogP contribution is 2.14. The van der Waals surface area contributed by atoms with Crippen molar-refractivity contribution >= 4 is 10.0 Å². The van der Waals surface area contributed by atoms with Gasteiger partial charge in [0.05, 0.1) is 4.90 Å². The van der Waals surface area contributed by atoms with E-state index in [0.717, 1.165) is 18.5 Å². The van der Waals surface area contributed by atoms with Gasteiger partial charge in [-0.2, -0.15) is 0 Å². The summed E-state index contributed by atoms with van der Waals surface area (Å²) >= 11 is 0. The Hall–Kier alpha value is -0.850. The SMILES string of the molecule is CCCC(C)NS(=O)(=O)c1cc(CNC)n(C)c1. The number of hydrogen-bond donors (Lipinski definition) is 2. The van der Waals surface area contributed by atoms with Crippen LogP contribution in [0.2, 0.25) is 0 Å². The summed E-state index contributed by atoms with van der Waals surface area (Å²) in [5, 5.41) is 3.01. The van der Waals surface area contributed by atoms with Gasteiger partial charge in [0.15, 0.2) is 0 Å². The van der Waals surface area contributed by atoms with Gasteiger partial charge < -0.3 is 9.88 Å². The first-order valence-electron chi connectivity index (χ1n) is 6.23. The Morgan fingerprint density at radius 1 is 1.44 bits per heavy atom. The minimum atomic E-state index is -3.40. The molecule has 6 heteroatoms. The summed E-state index contributed by atoms with van der Waals surface area (Å²) in [6.07, 6.45) is 3.45. The average Bonchev–Trinajstić information content (AvgIpc) is 2.61. The topological polar surface area (TPSA) is 63.1 Å². The van der Waals surface area contributed by atoms with Crippen molar-refractivity contribution < 1.29 is 8.42 Å². The van der Waals surface area contributed by atoms with Gasteiger partial charge in [-0.05, 0) is 26.5 Å². The second-order valence-electron chi connectivity index (χ2n) is 4.62. The van der Waals surface area contributed by atoms with Gasteiger partial charge in [0.2, 0.25) is 10.0 Å². The van der Waals surface area contributed by atoms with E-state index >= 15 is 0 Å². The second kappa shape index (κ2) is 6.36. The highest BCUT2D eigenvalue weighted by Gasteiger charge is 2.19. The van der Waals surface area contributed by atoms with Crippen molar-refractivity contribution in [2.45, 2.75) is 44.2 Å². The monoisotopic (exact) mass is 273 g/mol. The fraction of sp³-hybridized carbons (Fsp3) is 0.667. The van der Waals surface area contributed by atoms with Crippen LogP contribution in [0.5, 0.6) is 0 Å². The average molecular weight is 273 g/mol. The molecule has 0 aliphatic heterocycles. The smallest absolute Gasteiger partial charge is 0.242 e. The minimum Gasteiger partial charge on any atom is -0.352 e. The molecule has 1 aromatic rings. The van der Waals surface area contributed by atoms with Crippen molar-refractivity contribution in [3.8, 4) is 0 Å². The molecule has 0 bridgehead atoms. The molecule has 0 saturated carbocycles. The van der Waals surface area contributed by atoms with E-state index in [-0.39, 0.29) is 6.04 Å². The van der Waals surface area contributed by atoms with Crippen LogP contribution in [0.25, 0.3) is 0 Å². The third kappa shape index (κ3) is 3.83. The number of nitrogens with zero attached hydrogens (tertiary/aromatic N) is 1. The molecule has 0 amide bonds. The number of sulfonamides is 1. The number of nitrogens with one attached hydrogen (secondary N) is 2. The molecule has 104 valence electrons. The Balaban J connectivity index is 2.88. The zero-order valence-corrected chi connectivity index (χ0v) is 12.3. The fourth-order valence-electron chi connectivity index (χ4n) is 1.91. The van der Waals surface area contributed by atoms with E-state index in [1.54, 1.807) is 12.3 Å². The van der Waals surface area contributed by atoms with E-state index in [1.807, 2.05) is 32.5 Å². The molecule has 18 heavy (non-hydrogen) atoms. The maximum absolute atomic E-state index is 12.1. The normalized spacial score (nSPS) is 13.8. The van der Waals surface area contributed by atoms with E-state index in [4.69, 9.17) is 0 Å². The van der Waals surface area contributed by atoms with Crippen molar-refractivity contribution in [1.82, 2.24) is 14.6 Å². The van der Waals surface area contributed by atoms with E-state index in [9.17, 15) is 8.42 Å². The van der Waals surface area contributed by atoms with Gasteiger partial charge in [-0.15, -0.1) is 0 Å². The molecule has 1 unspecified atom stereocenters. The molecule has 0 saturated heterocycles. The third-order valence-electron chi connectivity index (χ3n) is 2.83. The van der Waals surface area contributed by atoms with Crippen LogP contribution in [0, 0.1) is 0 Å². The Bertz CT molecular complexity index is 480. The van der Waals surface area contributed by atoms with Crippen LogP contribution in [0.15, 0.2) is 17.2 Å². The molecular formula is C12H23N3O2S. The molecule has 1 atom stereocenters. The molecule has 0 aliphatic carbocycles. The van der Waals surface area contributed by atoms with Crippen molar-refractivity contribution in [3.05, 3.63) is 18.0 Å². The molecular weight excluding hydrogens is 250 g/mol. The van der Waals surface area contributed by atoms with E-state index < -0.39 is 10.0 Å². The van der Waals surface area contributed by atoms with Crippen LogP contribution < -0.4 is 10.0 Å². The van der Waals surface area contributed by atoms with Crippen molar-refractivity contribution in [2.24, 2.45) is 7.05 Å². The Kier molecular flexibility index (Phi) is 5.37. The standard InChI is InChI=1S/C12H23N3O2S/c1-5-6-10(2)14-18(16,17)12-7-11(8-13-3)15(4)9-12/h7,9-10,13-14H,5-6,8H2,1-4H3. The van der Waals surface area contributed by atoms with Gasteiger partial charge in [-0.3, -0.25) is 0 Å². The van der Waals surface area contributed by atoms with Crippen molar-refractivity contribution in [1.29, 1.82) is 0 Å². The summed E-state index contributed by atoms with van der Waals surface area (Å²) in [6.45, 7) is 4.58. The molecule has 0 spiro atoms. The highest BCUT2D eigenvalue weighted by molar-refractivity contribution is 7.89. The first-order chi connectivity index (χ1) is 8.40. The highest BCUT2D eigenvalue weighted by atomic mass is 32.2. The number of rotatable bonds is 7. The fourth-order valence-corrected chi connectivity index (χ4v) is 3.28. The van der Waals surface area contributed by atoms with Gasteiger partial charge in [0.1, 0.15) is 0 Å². The second-order valence-corrected chi connectivity index (χ2v) is 6.33. The molecule has 1 aromatic heterocycles. The summed E-state index contributed by atoms with van der Waals surface area (Å²) in [5.74, 6) is 0. The summed E-state index contributed by atoms with van der Waals surface area (Å²) in [6, 6.07) is 1.67. The van der Waals surface area contributed by atoms with Crippen LogP contribution >= 0.6 is 0 Å². The Labute approximate surface area is 110 Å². The quantitative estimate of drug-likeness (QED) is 0.785. The molecule has 2 N–H and O–H groups in total. The summed E-state index contributed by atoms with van der Waals surface area (Å²) in [5.41, 5.74) is 0.945. The minimum absolute atomic E-state index is 0.0343. The van der Waals surface area contributed by atoms with Crippen LogP contribution in [0.1, 0.15) is 32.4 Å². The zero-order valence-electron chi connectivity index (χ0n) is 11.5. The molecule has 0 fully saturated rings. The van der Waals surface area contributed by atoms with Gasteiger partial charge in [-0.25, -0.2) is 13.1 Å². The van der Waals surface area contributed by atoms with E-state index in [2.05, 4.69) is 10.0 Å². The lowest BCUT2D eigenvalue weighted by Crippen LogP contribution is -2.32. The maximum atomic E-state index is 12.1. The molecule has 0 aromatic carbocycles. The van der Waals surface area contributed by atoms with E-state index in [0.29, 0.717) is 11.4 Å². The molecule has 1 rings (SSSR count). The lowest BCUT2D eigenvalue weighted by atomic mass is 10.2. The van der Waals surface area contributed by atoms with Crippen molar-refractivity contribution in [3.63, 3.8) is 0 Å². The zero-order chi connectivity index (χ0) is 13.8. The van der Waals surface area contributed by atoms with Crippen LogP contribution in [0.4, 0.5) is 0 Å². The lowest BCUT2D eigenvalue weighted by Gasteiger charge is -2.11. The first kappa shape index (κ1) is 15.2. The predicted molar refractivity (Wildman–Crippen MR) is 72.9 cm³/mol. The Morgan fingerprint density at radius 2 is 2.11 bits per heavy atom. The number of aromatic nitrogens is 1. The lowest BCUT2D eigenvalue weighted by molar-refractivity contribution is 0.544. The summed E-state index contributed by atoms with van der Waals surface area (Å²) in [4.78, 5) is 0.332. The largest absolute Gasteiger partial charge is 0.352 e. The van der Waals surface area contributed by atoms with Crippen molar-refractivity contribution in [2.75, 3.05) is 7.05 Å². The van der Waals surface area contributed by atoms with Crippen LogP contribution in [-0.4, -0.2) is 26.1 Å². The van der Waals surface area contributed by atoms with Gasteiger partial charge in [0, 0.05) is 31.5 Å². The molecule has 0 aliphatic rings. The predicted octanol–water partition coefficient (Wildman–Crippen LogP) is 1.21. The van der Waals surface area contributed by atoms with Crippen LogP contribution in [-0.2, 0) is 23.6 Å². The number of aryl methyl sites for hydroxylation is 1. The molecule has 1 heterocycles. The van der Waals surface area contributed by atoms with Gasteiger partial charge in [0.25, 0.3) is 0 Å². The number of hydrogen-bond acceptors (Lipinski definition) is 3.